The van der Waals surface area contributed by atoms with Crippen molar-refractivity contribution in [1.82, 2.24) is 9.21 Å². The van der Waals surface area contributed by atoms with E-state index in [9.17, 15) is 38.7 Å². The predicted molar refractivity (Wildman–Crippen MR) is 227 cm³/mol. The summed E-state index contributed by atoms with van der Waals surface area (Å²) in [5, 5.41) is 59.1. The van der Waals surface area contributed by atoms with Gasteiger partial charge >= 0.3 is 5.97 Å². The Kier molecular flexibility index (Phi) is 17.1. The first kappa shape index (κ1) is 51.8. The maximum absolute atomic E-state index is 14.4. The van der Waals surface area contributed by atoms with Crippen molar-refractivity contribution < 1.29 is 67.2 Å². The van der Waals surface area contributed by atoms with Gasteiger partial charge < -0.3 is 58.9 Å². The second-order valence-corrected chi connectivity index (χ2v) is 21.0. The van der Waals surface area contributed by atoms with Crippen molar-refractivity contribution in [3.8, 4) is 0 Å². The second kappa shape index (κ2) is 20.1. The SMILES string of the molecule is CC[C@@H]1OC(=O)[C@H](C)[C@H](O[C@@H]2C[C@](C)(OC)[C@H](O)[C@H](C)O2)[C@@H](C)[C@H](O[C@@H]2O[C@H](C)C[C@H](N(C)S(=O)(=O)c3ccc(C)cc3)[C@H]2O)[C@](C)(O)C[C@H](C)CN(C)[C@H](C)[C@@H](O)[C@@]1(C)O. The van der Waals surface area contributed by atoms with Crippen molar-refractivity contribution in [3.05, 3.63) is 29.8 Å². The number of aryl methyl sites for hydroxylation is 1. The molecule has 0 unspecified atom stereocenters. The van der Waals surface area contributed by atoms with E-state index in [0.717, 1.165) is 9.87 Å². The van der Waals surface area contributed by atoms with E-state index in [4.69, 9.17) is 28.4 Å². The topological polar surface area (TPSA) is 214 Å². The Labute approximate surface area is 363 Å². The fraction of sp³-hybridized carbons (Fsp3) is 0.841. The lowest BCUT2D eigenvalue weighted by molar-refractivity contribution is -0.317. The number of esters is 1. The molecule has 3 saturated heterocycles. The minimum Gasteiger partial charge on any atom is -0.459 e. The molecule has 1 aromatic carbocycles. The molecular formula is C44H76N2O14S. The molecule has 3 aliphatic rings. The van der Waals surface area contributed by atoms with Gasteiger partial charge in [0.15, 0.2) is 12.6 Å². The van der Waals surface area contributed by atoms with Gasteiger partial charge in [-0.3, -0.25) is 4.79 Å². The lowest BCUT2D eigenvalue weighted by atomic mass is 9.77. The number of carbonyl (C=O) groups excluding carboxylic acids is 1. The highest BCUT2D eigenvalue weighted by Crippen LogP contribution is 2.40. The van der Waals surface area contributed by atoms with Crippen molar-refractivity contribution in [3.63, 3.8) is 0 Å². The van der Waals surface area contributed by atoms with Crippen LogP contribution in [0.2, 0.25) is 0 Å². The molecule has 61 heavy (non-hydrogen) atoms. The first-order valence-electron chi connectivity index (χ1n) is 21.7. The quantitative estimate of drug-likeness (QED) is 0.226. The summed E-state index contributed by atoms with van der Waals surface area (Å²) in [6.07, 6.45) is -10.7. The van der Waals surface area contributed by atoms with Crippen molar-refractivity contribution in [2.24, 2.45) is 17.8 Å². The molecule has 0 spiro atoms. The zero-order chi connectivity index (χ0) is 46.2. The third kappa shape index (κ3) is 11.3. The summed E-state index contributed by atoms with van der Waals surface area (Å²) in [5.41, 5.74) is -3.78. The Morgan fingerprint density at radius 1 is 0.934 bits per heavy atom. The standard InChI is InChI=1S/C44H76N2O14S/c1-15-33-44(11,52)37(48)29(7)45(12)23-25(3)21-42(9,51)39(27(5)36(28(6)40(50)58-33)59-34-22-43(10,55-14)38(49)30(8)57-34)60-41-35(47)32(20-26(4)56-41)46(13)61(53,54)31-18-16-24(2)17-19-31/h16-19,25-30,32-39,41,47-49,51-52H,15,20-23H2,1-14H3/t25-,26+,27+,28+,29+,30-,32-,33-,34+,35+,36+,37+,38+,39-,41-,42+,43-,44-/m0/s1. The zero-order valence-corrected chi connectivity index (χ0v) is 39.5. The highest BCUT2D eigenvalue weighted by Gasteiger charge is 2.53. The molecular weight excluding hydrogens is 813 g/mol. The smallest absolute Gasteiger partial charge is 0.311 e. The Morgan fingerprint density at radius 3 is 2.11 bits per heavy atom. The fourth-order valence-corrected chi connectivity index (χ4v) is 11.0. The van der Waals surface area contributed by atoms with Gasteiger partial charge in [-0.05, 0) is 99.8 Å². The maximum atomic E-state index is 14.4. The average molecular weight is 889 g/mol. The largest absolute Gasteiger partial charge is 0.459 e. The molecule has 4 rings (SSSR count). The monoisotopic (exact) mass is 889 g/mol. The second-order valence-electron chi connectivity index (χ2n) is 19.0. The molecule has 0 aromatic heterocycles. The highest BCUT2D eigenvalue weighted by atomic mass is 32.2. The highest BCUT2D eigenvalue weighted by molar-refractivity contribution is 7.89. The summed E-state index contributed by atoms with van der Waals surface area (Å²) in [6, 6.07) is 4.84. The van der Waals surface area contributed by atoms with Gasteiger partial charge in [-0.2, -0.15) is 4.31 Å². The third-order valence-electron chi connectivity index (χ3n) is 13.7. The molecule has 3 heterocycles. The first-order chi connectivity index (χ1) is 28.1. The minimum absolute atomic E-state index is 0.0626. The number of carbonyl (C=O) groups is 1. The number of likely N-dealkylation sites (N-methyl/N-ethyl adjacent to an activating group) is 2. The van der Waals surface area contributed by atoms with Gasteiger partial charge in [-0.1, -0.05) is 38.5 Å². The number of benzene rings is 1. The molecule has 0 bridgehead atoms. The Bertz CT molecular complexity index is 1700. The molecule has 1 aromatic rings. The summed E-state index contributed by atoms with van der Waals surface area (Å²) in [7, 11) is 0.609. The van der Waals surface area contributed by atoms with Gasteiger partial charge in [0, 0.05) is 39.1 Å². The minimum atomic E-state index is -4.07. The van der Waals surface area contributed by atoms with E-state index < -0.39 is 118 Å². The normalized spacial score (nSPS) is 44.3. The number of hydrogen-bond donors (Lipinski definition) is 5. The lowest BCUT2D eigenvalue weighted by Gasteiger charge is -2.48. The number of hydrogen-bond acceptors (Lipinski definition) is 15. The van der Waals surface area contributed by atoms with Crippen molar-refractivity contribution in [1.29, 1.82) is 0 Å². The molecule has 5 N–H and O–H groups in total. The van der Waals surface area contributed by atoms with Crippen LogP contribution in [0.1, 0.15) is 100 Å². The van der Waals surface area contributed by atoms with Crippen LogP contribution in [0.3, 0.4) is 0 Å². The Balaban J connectivity index is 1.83. The number of sulfonamides is 1. The summed E-state index contributed by atoms with van der Waals surface area (Å²) in [5.74, 6) is -3.03. The van der Waals surface area contributed by atoms with Crippen LogP contribution in [0.25, 0.3) is 0 Å². The van der Waals surface area contributed by atoms with Gasteiger partial charge in [0.2, 0.25) is 10.0 Å². The van der Waals surface area contributed by atoms with Crippen molar-refractivity contribution in [2.45, 2.75) is 197 Å². The molecule has 352 valence electrons. The van der Waals surface area contributed by atoms with E-state index in [-0.39, 0.29) is 36.5 Å². The van der Waals surface area contributed by atoms with E-state index >= 15 is 0 Å². The Hall–Kier alpha value is -1.84. The van der Waals surface area contributed by atoms with E-state index in [2.05, 4.69) is 0 Å². The molecule has 17 heteroatoms. The summed E-state index contributed by atoms with van der Waals surface area (Å²) in [6.45, 7) is 19.2. The summed E-state index contributed by atoms with van der Waals surface area (Å²) >= 11 is 0. The Morgan fingerprint density at radius 2 is 1.54 bits per heavy atom. The van der Waals surface area contributed by atoms with Crippen molar-refractivity contribution >= 4 is 16.0 Å². The third-order valence-corrected chi connectivity index (χ3v) is 15.6. The molecule has 0 amide bonds. The van der Waals surface area contributed by atoms with Gasteiger partial charge in [-0.15, -0.1) is 0 Å². The van der Waals surface area contributed by atoms with Crippen LogP contribution in [0, 0.1) is 24.7 Å². The molecule has 0 saturated carbocycles. The predicted octanol–water partition coefficient (Wildman–Crippen LogP) is 2.97. The number of nitrogens with zero attached hydrogens (tertiary/aromatic N) is 2. The molecule has 0 aliphatic carbocycles. The number of aliphatic hydroxyl groups is 5. The van der Waals surface area contributed by atoms with E-state index in [0.29, 0.717) is 6.54 Å². The fourth-order valence-electron chi connectivity index (χ4n) is 9.64. The van der Waals surface area contributed by atoms with Gasteiger partial charge in [-0.25, -0.2) is 8.42 Å². The van der Waals surface area contributed by atoms with Crippen LogP contribution in [-0.2, 0) is 43.2 Å². The number of methoxy groups -OCH3 is 1. The summed E-state index contributed by atoms with van der Waals surface area (Å²) < 4.78 is 66.6. The van der Waals surface area contributed by atoms with Crippen LogP contribution < -0.4 is 0 Å². The van der Waals surface area contributed by atoms with Crippen molar-refractivity contribution in [2.75, 3.05) is 27.7 Å². The van der Waals surface area contributed by atoms with Gasteiger partial charge in [0.1, 0.15) is 30.0 Å². The van der Waals surface area contributed by atoms with Gasteiger partial charge in [0.25, 0.3) is 0 Å². The maximum Gasteiger partial charge on any atom is 0.311 e. The van der Waals surface area contributed by atoms with Gasteiger partial charge in [0.05, 0.1) is 52.5 Å². The van der Waals surface area contributed by atoms with E-state index in [1.54, 1.807) is 74.6 Å². The number of ether oxygens (including phenoxy) is 6. The number of aliphatic hydroxyl groups excluding tert-OH is 3. The molecule has 3 fully saturated rings. The van der Waals surface area contributed by atoms with E-state index in [1.807, 2.05) is 18.7 Å². The first-order valence-corrected chi connectivity index (χ1v) is 23.2. The van der Waals surface area contributed by atoms with Crippen LogP contribution in [-0.4, -0.2) is 167 Å². The van der Waals surface area contributed by atoms with E-state index in [1.165, 1.54) is 33.2 Å². The molecule has 16 nitrogen and oxygen atoms in total. The number of rotatable bonds is 9. The summed E-state index contributed by atoms with van der Waals surface area (Å²) in [4.78, 5) is 16.3. The lowest BCUT2D eigenvalue weighted by Crippen LogP contribution is -2.61. The average Bonchev–Trinajstić information content (AvgIpc) is 3.18. The van der Waals surface area contributed by atoms with Crippen LogP contribution in [0.5, 0.6) is 0 Å². The zero-order valence-electron chi connectivity index (χ0n) is 38.7. The van der Waals surface area contributed by atoms with Crippen LogP contribution in [0.15, 0.2) is 29.2 Å². The molecule has 18 atom stereocenters. The number of cyclic esters (lactones) is 1. The molecule has 0 radical (unpaired) electrons. The van der Waals surface area contributed by atoms with Crippen LogP contribution >= 0.6 is 0 Å². The van der Waals surface area contributed by atoms with Crippen LogP contribution in [0.4, 0.5) is 0 Å². The molecule has 3 aliphatic heterocycles.